The molecule has 0 saturated heterocycles. The van der Waals surface area contributed by atoms with E-state index in [2.05, 4.69) is 10.4 Å². The van der Waals surface area contributed by atoms with Crippen LogP contribution in [0.2, 0.25) is 0 Å². The molecule has 1 unspecified atom stereocenters. The van der Waals surface area contributed by atoms with E-state index < -0.39 is 27.9 Å². The molecule has 0 bridgehead atoms. The number of carboxylic acids is 1. The van der Waals surface area contributed by atoms with Crippen LogP contribution in [0.4, 0.5) is 5.69 Å². The maximum Gasteiger partial charge on any atom is 0.322 e. The minimum absolute atomic E-state index is 0.113. The fraction of sp³-hybridized carbons (Fsp3) is 0.312. The van der Waals surface area contributed by atoms with Crippen LogP contribution < -0.4 is 5.32 Å². The second kappa shape index (κ2) is 6.71. The molecule has 2 N–H and O–H groups in total. The van der Waals surface area contributed by atoms with E-state index in [1.165, 1.54) is 20.9 Å². The van der Waals surface area contributed by atoms with E-state index in [1.54, 1.807) is 30.3 Å². The topological polar surface area (TPSA) is 127 Å². The number of nitrogens with one attached hydrogen (secondary N) is 1. The molecule has 0 radical (unpaired) electrons. The van der Waals surface area contributed by atoms with Crippen molar-refractivity contribution in [2.24, 2.45) is 7.05 Å². The normalized spacial score (nSPS) is 13.1. The maximum absolute atomic E-state index is 12.4. The summed E-state index contributed by atoms with van der Waals surface area (Å²) in [6.45, 7) is 2.68. The van der Waals surface area contributed by atoms with Gasteiger partial charge >= 0.3 is 11.7 Å². The molecule has 1 heterocycles. The highest BCUT2D eigenvalue weighted by atomic mass is 16.6. The van der Waals surface area contributed by atoms with Gasteiger partial charge in [-0.1, -0.05) is 30.3 Å². The standard InChI is InChI=1S/C16H18N4O5/c1-10-12(20(24)25)13(19(3)18-10)14(21)17-9-16(2,15(22)23)11-7-5-4-6-8-11/h4-8H,9H2,1-3H3,(H,17,21)(H,22,23). The quantitative estimate of drug-likeness (QED) is 0.601. The number of nitrogens with zero attached hydrogens (tertiary/aromatic N) is 3. The van der Waals surface area contributed by atoms with Gasteiger partial charge in [0.05, 0.1) is 4.92 Å². The molecule has 0 spiro atoms. The number of aromatic nitrogens is 2. The Kier molecular flexibility index (Phi) is 4.87. The molecule has 1 aromatic carbocycles. The highest BCUT2D eigenvalue weighted by Gasteiger charge is 2.37. The van der Waals surface area contributed by atoms with Crippen molar-refractivity contribution >= 4 is 17.6 Å². The largest absolute Gasteiger partial charge is 0.481 e. The van der Waals surface area contributed by atoms with E-state index in [4.69, 9.17) is 0 Å². The molecule has 0 aliphatic rings. The summed E-state index contributed by atoms with van der Waals surface area (Å²) in [4.78, 5) is 34.7. The van der Waals surface area contributed by atoms with E-state index in [0.29, 0.717) is 5.56 Å². The van der Waals surface area contributed by atoms with Gasteiger partial charge in [0.25, 0.3) is 5.91 Å². The Morgan fingerprint density at radius 3 is 2.48 bits per heavy atom. The summed E-state index contributed by atoms with van der Waals surface area (Å²) in [7, 11) is 1.42. The first-order valence-electron chi connectivity index (χ1n) is 7.43. The zero-order valence-electron chi connectivity index (χ0n) is 14.0. The van der Waals surface area contributed by atoms with Crippen molar-refractivity contribution in [2.45, 2.75) is 19.3 Å². The molecule has 25 heavy (non-hydrogen) atoms. The summed E-state index contributed by atoms with van der Waals surface area (Å²) in [5.74, 6) is -1.87. The zero-order valence-corrected chi connectivity index (χ0v) is 14.0. The predicted octanol–water partition coefficient (Wildman–Crippen LogP) is 1.41. The Balaban J connectivity index is 2.30. The zero-order chi connectivity index (χ0) is 18.8. The lowest BCUT2D eigenvalue weighted by atomic mass is 9.82. The minimum Gasteiger partial charge on any atom is -0.481 e. The molecule has 0 aliphatic carbocycles. The van der Waals surface area contributed by atoms with Gasteiger partial charge in [0, 0.05) is 13.6 Å². The molecule has 132 valence electrons. The van der Waals surface area contributed by atoms with Gasteiger partial charge in [-0.15, -0.1) is 0 Å². The SMILES string of the molecule is Cc1nn(C)c(C(=O)NCC(C)(C(=O)O)c2ccccc2)c1[N+](=O)[O-]. The summed E-state index contributed by atoms with van der Waals surface area (Å²) in [5.41, 5.74) is -1.36. The summed E-state index contributed by atoms with van der Waals surface area (Å²) in [5, 5.41) is 27.1. The summed E-state index contributed by atoms with van der Waals surface area (Å²) in [6.07, 6.45) is 0. The van der Waals surface area contributed by atoms with Crippen molar-refractivity contribution < 1.29 is 19.6 Å². The molecule has 1 aromatic heterocycles. The van der Waals surface area contributed by atoms with E-state index >= 15 is 0 Å². The van der Waals surface area contributed by atoms with Crippen LogP contribution in [0.15, 0.2) is 30.3 Å². The highest BCUT2D eigenvalue weighted by Crippen LogP contribution is 2.25. The molecular weight excluding hydrogens is 328 g/mol. The number of hydrogen-bond acceptors (Lipinski definition) is 5. The lowest BCUT2D eigenvalue weighted by Gasteiger charge is -2.25. The third-order valence-electron chi connectivity index (χ3n) is 4.07. The van der Waals surface area contributed by atoms with Gasteiger partial charge in [-0.25, -0.2) is 0 Å². The number of hydrogen-bond donors (Lipinski definition) is 2. The van der Waals surface area contributed by atoms with Gasteiger partial charge in [0.1, 0.15) is 11.1 Å². The number of aliphatic carboxylic acids is 1. The first-order valence-corrected chi connectivity index (χ1v) is 7.43. The number of rotatable bonds is 6. The van der Waals surface area contributed by atoms with Crippen LogP contribution in [0, 0.1) is 17.0 Å². The van der Waals surface area contributed by atoms with Crippen LogP contribution in [-0.2, 0) is 17.3 Å². The predicted molar refractivity (Wildman–Crippen MR) is 88.4 cm³/mol. The molecule has 0 fully saturated rings. The Labute approximate surface area is 143 Å². The number of nitro groups is 1. The second-order valence-corrected chi connectivity index (χ2v) is 5.85. The van der Waals surface area contributed by atoms with E-state index in [1.807, 2.05) is 0 Å². The molecule has 9 nitrogen and oxygen atoms in total. The molecule has 0 aliphatic heterocycles. The fourth-order valence-corrected chi connectivity index (χ4v) is 2.57. The lowest BCUT2D eigenvalue weighted by molar-refractivity contribution is -0.385. The molecular formula is C16H18N4O5. The summed E-state index contributed by atoms with van der Waals surface area (Å²) >= 11 is 0. The summed E-state index contributed by atoms with van der Waals surface area (Å²) in [6, 6.07) is 8.46. The van der Waals surface area contributed by atoms with Crippen molar-refractivity contribution in [1.29, 1.82) is 0 Å². The average Bonchev–Trinajstić information content (AvgIpc) is 2.87. The van der Waals surface area contributed by atoms with Crippen molar-refractivity contribution in [1.82, 2.24) is 15.1 Å². The van der Waals surface area contributed by atoms with Crippen LogP contribution in [-0.4, -0.2) is 38.2 Å². The first kappa shape index (κ1) is 18.1. The van der Waals surface area contributed by atoms with Gasteiger partial charge in [0.2, 0.25) is 5.69 Å². The van der Waals surface area contributed by atoms with Gasteiger partial charge in [-0.3, -0.25) is 24.4 Å². The van der Waals surface area contributed by atoms with E-state index in [9.17, 15) is 24.8 Å². The average molecular weight is 346 g/mol. The van der Waals surface area contributed by atoms with Gasteiger partial charge in [-0.05, 0) is 19.4 Å². The van der Waals surface area contributed by atoms with Crippen LogP contribution in [0.1, 0.15) is 28.7 Å². The number of carbonyl (C=O) groups is 2. The van der Waals surface area contributed by atoms with E-state index in [-0.39, 0.29) is 17.9 Å². The Morgan fingerprint density at radius 1 is 1.36 bits per heavy atom. The third kappa shape index (κ3) is 3.35. The molecule has 2 rings (SSSR count). The van der Waals surface area contributed by atoms with Gasteiger partial charge in [0.15, 0.2) is 0 Å². The lowest BCUT2D eigenvalue weighted by Crippen LogP contribution is -2.44. The smallest absolute Gasteiger partial charge is 0.322 e. The Morgan fingerprint density at radius 2 is 1.96 bits per heavy atom. The number of carboxylic acid groups (broad SMARTS) is 1. The first-order chi connectivity index (χ1) is 11.7. The number of aryl methyl sites for hydroxylation is 2. The van der Waals surface area contributed by atoms with Gasteiger partial charge in [-0.2, -0.15) is 5.10 Å². The van der Waals surface area contributed by atoms with Crippen LogP contribution in [0.25, 0.3) is 0 Å². The van der Waals surface area contributed by atoms with Crippen molar-refractivity contribution in [3.63, 3.8) is 0 Å². The summed E-state index contributed by atoms with van der Waals surface area (Å²) < 4.78 is 1.11. The van der Waals surface area contributed by atoms with E-state index in [0.717, 1.165) is 4.68 Å². The number of amides is 1. The minimum atomic E-state index is -1.38. The number of benzene rings is 1. The molecule has 0 saturated carbocycles. The number of carbonyl (C=O) groups excluding carboxylic acids is 1. The molecule has 9 heteroatoms. The highest BCUT2D eigenvalue weighted by molar-refractivity contribution is 5.97. The van der Waals surface area contributed by atoms with Crippen molar-refractivity contribution in [3.05, 3.63) is 57.4 Å². The van der Waals surface area contributed by atoms with Gasteiger partial charge < -0.3 is 10.4 Å². The molecule has 1 amide bonds. The fourth-order valence-electron chi connectivity index (χ4n) is 2.57. The monoisotopic (exact) mass is 346 g/mol. The second-order valence-electron chi connectivity index (χ2n) is 5.85. The van der Waals surface area contributed by atoms with Crippen LogP contribution in [0.5, 0.6) is 0 Å². The maximum atomic E-state index is 12.4. The van der Waals surface area contributed by atoms with Crippen molar-refractivity contribution in [2.75, 3.05) is 6.54 Å². The van der Waals surface area contributed by atoms with Crippen LogP contribution >= 0.6 is 0 Å². The Bertz CT molecular complexity index is 831. The van der Waals surface area contributed by atoms with Crippen LogP contribution in [0.3, 0.4) is 0 Å². The molecule has 2 aromatic rings. The molecule has 1 atom stereocenters. The van der Waals surface area contributed by atoms with Crippen molar-refractivity contribution in [3.8, 4) is 0 Å². The third-order valence-corrected chi connectivity index (χ3v) is 4.07. The Hall–Kier alpha value is -3.23.